The third kappa shape index (κ3) is 6.60. The number of anilines is 1. The summed E-state index contributed by atoms with van der Waals surface area (Å²) in [5.74, 6) is 0.432. The Morgan fingerprint density at radius 3 is 2.05 bits per heavy atom. The van der Waals surface area contributed by atoms with E-state index in [0.717, 1.165) is 58.3 Å². The number of hydrogen-bond acceptors (Lipinski definition) is 4. The van der Waals surface area contributed by atoms with E-state index in [1.165, 1.54) is 16.8 Å². The highest BCUT2D eigenvalue weighted by Gasteiger charge is 2.24. The standard InChI is InChI=1S/C32H39N3O2/c36-30-12-7-21-35(24-30)32(37)27-13-15-29(16-14-27)34-22-18-28(19-23-34)33-20-17-31(25-8-3-1-4-9-25)26-10-5-2-6-11-26/h1-6,8-11,13-16,28,30-31,33,36H,7,12,17-24H2. The van der Waals surface area contributed by atoms with Crippen molar-refractivity contribution in [2.45, 2.75) is 50.2 Å². The van der Waals surface area contributed by atoms with Gasteiger partial charge in [-0.15, -0.1) is 0 Å². The number of hydrogen-bond donors (Lipinski definition) is 2. The molecule has 1 amide bonds. The van der Waals surface area contributed by atoms with E-state index in [2.05, 4.69) is 83.0 Å². The molecule has 2 aliphatic rings. The molecule has 2 aliphatic heterocycles. The third-order valence-electron chi connectivity index (χ3n) is 7.93. The summed E-state index contributed by atoms with van der Waals surface area (Å²) in [5.41, 5.74) is 4.65. The van der Waals surface area contributed by atoms with Crippen LogP contribution in [0.25, 0.3) is 0 Å². The zero-order chi connectivity index (χ0) is 25.5. The first-order valence-electron chi connectivity index (χ1n) is 13.8. The molecule has 2 N–H and O–H groups in total. The minimum Gasteiger partial charge on any atom is -0.391 e. The Labute approximate surface area is 221 Å². The van der Waals surface area contributed by atoms with E-state index in [1.54, 1.807) is 4.90 Å². The second-order valence-electron chi connectivity index (χ2n) is 10.5. The van der Waals surface area contributed by atoms with Crippen LogP contribution in [0.1, 0.15) is 59.5 Å². The van der Waals surface area contributed by atoms with Gasteiger partial charge >= 0.3 is 0 Å². The Bertz CT molecular complexity index is 1070. The number of aliphatic hydroxyl groups excluding tert-OH is 1. The van der Waals surface area contributed by atoms with Gasteiger partial charge in [-0.3, -0.25) is 4.79 Å². The summed E-state index contributed by atoms with van der Waals surface area (Å²) in [6.45, 7) is 4.21. The zero-order valence-corrected chi connectivity index (χ0v) is 21.6. The molecule has 0 spiro atoms. The molecular formula is C32H39N3O2. The van der Waals surface area contributed by atoms with E-state index in [4.69, 9.17) is 0 Å². The van der Waals surface area contributed by atoms with Crippen LogP contribution in [0.2, 0.25) is 0 Å². The van der Waals surface area contributed by atoms with E-state index in [-0.39, 0.29) is 5.91 Å². The molecule has 0 bridgehead atoms. The van der Waals surface area contributed by atoms with Crippen LogP contribution in [-0.2, 0) is 0 Å². The fourth-order valence-electron chi connectivity index (χ4n) is 5.81. The van der Waals surface area contributed by atoms with Crippen LogP contribution in [0, 0.1) is 0 Å². The van der Waals surface area contributed by atoms with Crippen LogP contribution >= 0.6 is 0 Å². The molecule has 1 unspecified atom stereocenters. The molecule has 0 saturated carbocycles. The number of β-amino-alcohol motifs (C(OH)–C–C–N with tert-alkyl or cyclic N) is 1. The third-order valence-corrected chi connectivity index (χ3v) is 7.93. The first-order chi connectivity index (χ1) is 18.2. The topological polar surface area (TPSA) is 55.8 Å². The summed E-state index contributed by atoms with van der Waals surface area (Å²) < 4.78 is 0. The van der Waals surface area contributed by atoms with Gasteiger partial charge in [0.1, 0.15) is 0 Å². The molecule has 37 heavy (non-hydrogen) atoms. The second kappa shape index (κ2) is 12.4. The lowest BCUT2D eigenvalue weighted by Gasteiger charge is -2.34. The lowest BCUT2D eigenvalue weighted by molar-refractivity contribution is 0.0474. The highest BCUT2D eigenvalue weighted by molar-refractivity contribution is 5.94. The van der Waals surface area contributed by atoms with Gasteiger partial charge in [0.15, 0.2) is 0 Å². The number of likely N-dealkylation sites (tertiary alicyclic amines) is 1. The van der Waals surface area contributed by atoms with Gasteiger partial charge in [0.2, 0.25) is 0 Å². The van der Waals surface area contributed by atoms with E-state index in [9.17, 15) is 9.90 Å². The number of piperidine rings is 2. The van der Waals surface area contributed by atoms with Gasteiger partial charge in [-0.2, -0.15) is 0 Å². The molecule has 1 atom stereocenters. The average molecular weight is 498 g/mol. The molecule has 2 fully saturated rings. The van der Waals surface area contributed by atoms with Crippen molar-refractivity contribution in [1.29, 1.82) is 0 Å². The number of carbonyl (C=O) groups is 1. The van der Waals surface area contributed by atoms with Gasteiger partial charge in [-0.05, 0) is 74.0 Å². The van der Waals surface area contributed by atoms with Crippen LogP contribution in [0.15, 0.2) is 84.9 Å². The average Bonchev–Trinajstić information content (AvgIpc) is 2.96. The molecule has 3 aromatic rings. The van der Waals surface area contributed by atoms with Crippen molar-refractivity contribution in [3.63, 3.8) is 0 Å². The van der Waals surface area contributed by atoms with Gasteiger partial charge in [0.25, 0.3) is 5.91 Å². The van der Waals surface area contributed by atoms with Gasteiger partial charge in [-0.25, -0.2) is 0 Å². The van der Waals surface area contributed by atoms with Gasteiger partial charge in [-0.1, -0.05) is 60.7 Å². The zero-order valence-electron chi connectivity index (χ0n) is 21.6. The van der Waals surface area contributed by atoms with Crippen molar-refractivity contribution in [1.82, 2.24) is 10.2 Å². The molecule has 5 heteroatoms. The van der Waals surface area contributed by atoms with Crippen molar-refractivity contribution in [2.75, 3.05) is 37.6 Å². The van der Waals surface area contributed by atoms with E-state index >= 15 is 0 Å². The predicted octanol–water partition coefficient (Wildman–Crippen LogP) is 5.06. The van der Waals surface area contributed by atoms with Crippen molar-refractivity contribution in [3.05, 3.63) is 102 Å². The Hall–Kier alpha value is -3.15. The molecular weight excluding hydrogens is 458 g/mol. The first-order valence-corrected chi connectivity index (χ1v) is 13.8. The summed E-state index contributed by atoms with van der Waals surface area (Å²) in [6, 6.07) is 30.2. The Balaban J connectivity index is 1.10. The number of amides is 1. The summed E-state index contributed by atoms with van der Waals surface area (Å²) in [5, 5.41) is 13.7. The normalized spacial score (nSPS) is 18.8. The van der Waals surface area contributed by atoms with Crippen LogP contribution in [-0.4, -0.2) is 60.8 Å². The number of aliphatic hydroxyl groups is 1. The molecule has 0 aromatic heterocycles. The molecule has 3 aromatic carbocycles. The molecule has 0 aliphatic carbocycles. The highest BCUT2D eigenvalue weighted by atomic mass is 16.3. The minimum absolute atomic E-state index is 0.0255. The number of carbonyl (C=O) groups excluding carboxylic acids is 1. The van der Waals surface area contributed by atoms with Crippen molar-refractivity contribution >= 4 is 11.6 Å². The summed E-state index contributed by atoms with van der Waals surface area (Å²) in [7, 11) is 0. The van der Waals surface area contributed by atoms with Gasteiger partial charge < -0.3 is 20.2 Å². The van der Waals surface area contributed by atoms with Crippen LogP contribution in [0.5, 0.6) is 0 Å². The summed E-state index contributed by atoms with van der Waals surface area (Å²) >= 11 is 0. The van der Waals surface area contributed by atoms with E-state index < -0.39 is 6.10 Å². The Morgan fingerprint density at radius 1 is 0.838 bits per heavy atom. The smallest absolute Gasteiger partial charge is 0.253 e. The largest absolute Gasteiger partial charge is 0.391 e. The van der Waals surface area contributed by atoms with Crippen molar-refractivity contribution in [3.8, 4) is 0 Å². The molecule has 0 radical (unpaired) electrons. The molecule has 5 nitrogen and oxygen atoms in total. The second-order valence-corrected chi connectivity index (χ2v) is 10.5. The molecule has 194 valence electrons. The first kappa shape index (κ1) is 25.5. The molecule has 2 saturated heterocycles. The predicted molar refractivity (Wildman–Crippen MR) is 150 cm³/mol. The Morgan fingerprint density at radius 2 is 1.46 bits per heavy atom. The van der Waals surface area contributed by atoms with Crippen LogP contribution in [0.3, 0.4) is 0 Å². The monoisotopic (exact) mass is 497 g/mol. The SMILES string of the molecule is O=C(c1ccc(N2CCC(NCCC(c3ccccc3)c3ccccc3)CC2)cc1)N1CCCC(O)C1. The number of nitrogens with zero attached hydrogens (tertiary/aromatic N) is 2. The lowest BCUT2D eigenvalue weighted by Crippen LogP contribution is -2.43. The van der Waals surface area contributed by atoms with E-state index in [0.29, 0.717) is 24.1 Å². The molecule has 2 heterocycles. The van der Waals surface area contributed by atoms with E-state index in [1.807, 2.05) is 12.1 Å². The fraction of sp³-hybridized carbons (Fsp3) is 0.406. The minimum atomic E-state index is -0.394. The van der Waals surface area contributed by atoms with Gasteiger partial charge in [0.05, 0.1) is 6.10 Å². The van der Waals surface area contributed by atoms with Gasteiger partial charge in [0, 0.05) is 49.4 Å². The number of benzene rings is 3. The summed E-state index contributed by atoms with van der Waals surface area (Å²) in [6.07, 6.45) is 4.58. The number of rotatable bonds is 8. The van der Waals surface area contributed by atoms with Crippen LogP contribution in [0.4, 0.5) is 5.69 Å². The maximum atomic E-state index is 12.8. The lowest BCUT2D eigenvalue weighted by atomic mass is 9.88. The van der Waals surface area contributed by atoms with Crippen molar-refractivity contribution < 1.29 is 9.90 Å². The highest BCUT2D eigenvalue weighted by Crippen LogP contribution is 2.28. The maximum absolute atomic E-state index is 12.8. The van der Waals surface area contributed by atoms with Crippen LogP contribution < -0.4 is 10.2 Å². The summed E-state index contributed by atoms with van der Waals surface area (Å²) in [4.78, 5) is 17.0. The molecule has 5 rings (SSSR count). The van der Waals surface area contributed by atoms with Crippen molar-refractivity contribution in [2.24, 2.45) is 0 Å². The number of nitrogens with one attached hydrogen (secondary N) is 1. The fourth-order valence-corrected chi connectivity index (χ4v) is 5.81. The Kier molecular flexibility index (Phi) is 8.54. The quantitative estimate of drug-likeness (QED) is 0.457. The maximum Gasteiger partial charge on any atom is 0.253 e.